The van der Waals surface area contributed by atoms with E-state index < -0.39 is 24.3 Å². The Morgan fingerprint density at radius 3 is 2.24 bits per heavy atom. The SMILES string of the molecule is O=C(O)C(F)(F)F.O=C(O)C(F)(F)F.O=C1NC[C@@H](COc2ccccn2)[C@]12CCN(Cc1nccs1)C2. The highest BCUT2D eigenvalue weighted by atomic mass is 32.1. The first-order valence-corrected chi connectivity index (χ1v) is 11.6. The number of hydrogen-bond donors (Lipinski definition) is 3. The lowest BCUT2D eigenvalue weighted by Gasteiger charge is -2.28. The summed E-state index contributed by atoms with van der Waals surface area (Å²) < 4.78 is 69.3. The van der Waals surface area contributed by atoms with Crippen LogP contribution in [0.3, 0.4) is 0 Å². The average Bonchev–Trinajstić information content (AvgIpc) is 3.56. The van der Waals surface area contributed by atoms with Crippen LogP contribution in [-0.2, 0) is 20.9 Å². The van der Waals surface area contributed by atoms with Crippen LogP contribution in [0.15, 0.2) is 36.0 Å². The molecule has 2 aliphatic rings. The third-order valence-corrected chi connectivity index (χ3v) is 6.28. The van der Waals surface area contributed by atoms with Crippen molar-refractivity contribution in [1.82, 2.24) is 20.2 Å². The highest BCUT2D eigenvalue weighted by Crippen LogP contribution is 2.42. The molecule has 2 aromatic heterocycles. The van der Waals surface area contributed by atoms with E-state index in [4.69, 9.17) is 24.5 Å². The molecule has 2 fully saturated rings. The maximum absolute atomic E-state index is 12.5. The van der Waals surface area contributed by atoms with Crippen molar-refractivity contribution >= 4 is 29.2 Å². The predicted octanol–water partition coefficient (Wildman–Crippen LogP) is 2.82. The van der Waals surface area contributed by atoms with Crippen LogP contribution in [0.2, 0.25) is 0 Å². The van der Waals surface area contributed by atoms with Gasteiger partial charge in [-0.3, -0.25) is 9.69 Å². The molecule has 0 bridgehead atoms. The molecule has 210 valence electrons. The monoisotopic (exact) mass is 572 g/mol. The van der Waals surface area contributed by atoms with E-state index >= 15 is 0 Å². The number of carboxylic acid groups (broad SMARTS) is 2. The molecule has 2 atom stereocenters. The van der Waals surface area contributed by atoms with Gasteiger partial charge in [0.15, 0.2) is 0 Å². The van der Waals surface area contributed by atoms with Crippen molar-refractivity contribution in [2.75, 3.05) is 26.2 Å². The minimum absolute atomic E-state index is 0.166. The minimum atomic E-state index is -5.08. The highest BCUT2D eigenvalue weighted by Gasteiger charge is 2.54. The number of thiazole rings is 1. The average molecular weight is 572 g/mol. The van der Waals surface area contributed by atoms with E-state index in [0.29, 0.717) is 19.0 Å². The first-order valence-electron chi connectivity index (χ1n) is 10.7. The number of nitrogens with zero attached hydrogens (tertiary/aromatic N) is 3. The maximum Gasteiger partial charge on any atom is 0.490 e. The van der Waals surface area contributed by atoms with E-state index in [2.05, 4.69) is 20.2 Å². The summed E-state index contributed by atoms with van der Waals surface area (Å²) >= 11 is 1.66. The number of carbonyl (C=O) groups excluding carboxylic acids is 1. The van der Waals surface area contributed by atoms with Crippen molar-refractivity contribution in [2.24, 2.45) is 11.3 Å². The summed E-state index contributed by atoms with van der Waals surface area (Å²) in [6.07, 6.45) is -5.74. The zero-order chi connectivity index (χ0) is 28.6. The van der Waals surface area contributed by atoms with Crippen molar-refractivity contribution in [3.63, 3.8) is 0 Å². The van der Waals surface area contributed by atoms with E-state index in [1.807, 2.05) is 29.8 Å². The van der Waals surface area contributed by atoms with Gasteiger partial charge in [0.1, 0.15) is 5.01 Å². The Morgan fingerprint density at radius 1 is 1.11 bits per heavy atom. The first kappa shape index (κ1) is 30.8. The van der Waals surface area contributed by atoms with Gasteiger partial charge in [0.2, 0.25) is 11.8 Å². The lowest BCUT2D eigenvalue weighted by atomic mass is 9.77. The Bertz CT molecular complexity index is 1050. The molecule has 2 aliphatic heterocycles. The molecule has 1 amide bonds. The standard InChI is InChI=1S/C17H20N4O2S.2C2HF3O2/c22-16-17(4-7-21(12-17)10-15-19-6-8-24-15)13(9-20-16)11-23-14-3-1-2-5-18-14;2*3-2(4,5)1(6)7/h1-3,5-6,8,13H,4,7,9-12H2,(H,20,22);2*(H,6,7)/t13-,17+;;/m0../s1. The Labute approximate surface area is 215 Å². The van der Waals surface area contributed by atoms with Gasteiger partial charge in [-0.1, -0.05) is 6.07 Å². The lowest BCUT2D eigenvalue weighted by molar-refractivity contribution is -0.193. The number of halogens is 6. The molecular weight excluding hydrogens is 550 g/mol. The summed E-state index contributed by atoms with van der Waals surface area (Å²) in [5, 5.41) is 20.4. The summed E-state index contributed by atoms with van der Waals surface area (Å²) in [6.45, 7) is 3.71. The lowest BCUT2D eigenvalue weighted by Crippen LogP contribution is -2.40. The molecule has 2 saturated heterocycles. The summed E-state index contributed by atoms with van der Waals surface area (Å²) in [7, 11) is 0. The number of nitrogens with one attached hydrogen (secondary N) is 1. The number of aromatic nitrogens is 2. The number of likely N-dealkylation sites (tertiary alicyclic amines) is 1. The summed E-state index contributed by atoms with van der Waals surface area (Å²) in [5.74, 6) is -4.56. The fourth-order valence-corrected chi connectivity index (χ4v) is 4.36. The number of carbonyl (C=O) groups is 3. The van der Waals surface area contributed by atoms with Crippen LogP contribution in [0.5, 0.6) is 5.88 Å². The van der Waals surface area contributed by atoms with Crippen LogP contribution in [0.25, 0.3) is 0 Å². The van der Waals surface area contributed by atoms with Crippen LogP contribution in [0.4, 0.5) is 26.3 Å². The molecule has 0 saturated carbocycles. The molecule has 10 nitrogen and oxygen atoms in total. The van der Waals surface area contributed by atoms with Gasteiger partial charge in [-0.25, -0.2) is 19.6 Å². The first-order chi connectivity index (χ1) is 17.6. The number of ether oxygens (including phenoxy) is 1. The molecule has 3 N–H and O–H groups in total. The number of amides is 1. The fourth-order valence-electron chi connectivity index (χ4n) is 3.70. The molecule has 0 aromatic carbocycles. The van der Waals surface area contributed by atoms with Crippen LogP contribution in [0, 0.1) is 11.3 Å². The van der Waals surface area contributed by atoms with Crippen LogP contribution >= 0.6 is 11.3 Å². The second-order valence-electron chi connectivity index (χ2n) is 8.03. The summed E-state index contributed by atoms with van der Waals surface area (Å²) in [6, 6.07) is 5.62. The van der Waals surface area contributed by atoms with Gasteiger partial charge in [0, 0.05) is 42.8 Å². The number of carboxylic acids is 2. The van der Waals surface area contributed by atoms with Gasteiger partial charge in [-0.2, -0.15) is 26.3 Å². The van der Waals surface area contributed by atoms with Crippen molar-refractivity contribution in [2.45, 2.75) is 25.3 Å². The van der Waals surface area contributed by atoms with Crippen LogP contribution in [0.1, 0.15) is 11.4 Å². The van der Waals surface area contributed by atoms with Crippen molar-refractivity contribution in [1.29, 1.82) is 0 Å². The van der Waals surface area contributed by atoms with Gasteiger partial charge < -0.3 is 20.3 Å². The zero-order valence-corrected chi connectivity index (χ0v) is 20.1. The molecule has 17 heteroatoms. The molecule has 2 aromatic rings. The fraction of sp³-hybridized carbons (Fsp3) is 0.476. The number of rotatable bonds is 5. The minimum Gasteiger partial charge on any atom is -0.477 e. The van der Waals surface area contributed by atoms with Crippen molar-refractivity contribution < 1.29 is 55.7 Å². The number of pyridine rings is 1. The predicted molar refractivity (Wildman–Crippen MR) is 118 cm³/mol. The van der Waals surface area contributed by atoms with E-state index in [0.717, 1.165) is 31.1 Å². The quantitative estimate of drug-likeness (QED) is 0.461. The van der Waals surface area contributed by atoms with E-state index in [9.17, 15) is 31.1 Å². The Kier molecular flexibility index (Phi) is 10.4. The molecule has 0 aliphatic carbocycles. The topological polar surface area (TPSA) is 142 Å². The maximum atomic E-state index is 12.5. The smallest absolute Gasteiger partial charge is 0.477 e. The van der Waals surface area contributed by atoms with E-state index in [-0.39, 0.29) is 17.2 Å². The molecule has 4 heterocycles. The van der Waals surface area contributed by atoms with Crippen molar-refractivity contribution in [3.05, 3.63) is 41.0 Å². The molecule has 38 heavy (non-hydrogen) atoms. The number of hydrogen-bond acceptors (Lipinski definition) is 8. The molecule has 1 spiro atoms. The van der Waals surface area contributed by atoms with Crippen LogP contribution in [-0.4, -0.2) is 81.5 Å². The molecular formula is C21H22F6N4O6S. The Morgan fingerprint density at radius 2 is 1.74 bits per heavy atom. The van der Waals surface area contributed by atoms with E-state index in [1.165, 1.54) is 0 Å². The summed E-state index contributed by atoms with van der Waals surface area (Å²) in [4.78, 5) is 41.2. The second-order valence-corrected chi connectivity index (χ2v) is 9.01. The summed E-state index contributed by atoms with van der Waals surface area (Å²) in [5.41, 5.74) is -0.341. The Balaban J connectivity index is 0.000000301. The van der Waals surface area contributed by atoms with Gasteiger partial charge >= 0.3 is 24.3 Å². The third-order valence-electron chi connectivity index (χ3n) is 5.52. The van der Waals surface area contributed by atoms with Crippen molar-refractivity contribution in [3.8, 4) is 5.88 Å². The largest absolute Gasteiger partial charge is 0.490 e. The number of alkyl halides is 6. The highest BCUT2D eigenvalue weighted by molar-refractivity contribution is 7.09. The van der Waals surface area contributed by atoms with Gasteiger partial charge in [0.25, 0.3) is 0 Å². The van der Waals surface area contributed by atoms with Crippen LogP contribution < -0.4 is 10.1 Å². The molecule has 0 radical (unpaired) electrons. The van der Waals surface area contributed by atoms with Gasteiger partial charge in [-0.15, -0.1) is 11.3 Å². The second kappa shape index (κ2) is 12.9. The Hall–Kier alpha value is -3.47. The molecule has 4 rings (SSSR count). The normalized spacial score (nSPS) is 21.1. The molecule has 0 unspecified atom stereocenters. The zero-order valence-electron chi connectivity index (χ0n) is 19.3. The number of aliphatic carboxylic acids is 2. The van der Waals surface area contributed by atoms with Gasteiger partial charge in [0.05, 0.1) is 18.6 Å². The van der Waals surface area contributed by atoms with E-state index in [1.54, 1.807) is 17.5 Å². The van der Waals surface area contributed by atoms with Gasteiger partial charge in [-0.05, 0) is 19.0 Å². The third kappa shape index (κ3) is 8.83.